The number of hydrogen-bond donors (Lipinski definition) is 3. The molecule has 2 aromatic rings. The lowest BCUT2D eigenvalue weighted by molar-refractivity contribution is -0.119. The van der Waals surface area contributed by atoms with E-state index in [9.17, 15) is 9.59 Å². The molecular formula is C21H26ClN3O2. The first-order valence-corrected chi connectivity index (χ1v) is 9.07. The van der Waals surface area contributed by atoms with E-state index in [1.807, 2.05) is 37.3 Å². The Morgan fingerprint density at radius 3 is 2.59 bits per heavy atom. The molecule has 3 rings (SSSR count). The van der Waals surface area contributed by atoms with Gasteiger partial charge in [0.1, 0.15) is 0 Å². The second-order valence-corrected chi connectivity index (χ2v) is 6.93. The van der Waals surface area contributed by atoms with Crippen LogP contribution in [0.5, 0.6) is 0 Å². The minimum absolute atomic E-state index is 0. The van der Waals surface area contributed by atoms with Gasteiger partial charge < -0.3 is 16.4 Å². The Morgan fingerprint density at radius 2 is 1.85 bits per heavy atom. The van der Waals surface area contributed by atoms with Crippen LogP contribution in [0.2, 0.25) is 0 Å². The number of halogens is 1. The minimum Gasteiger partial charge on any atom is -0.399 e. The van der Waals surface area contributed by atoms with Gasteiger partial charge in [-0.2, -0.15) is 0 Å². The van der Waals surface area contributed by atoms with E-state index in [-0.39, 0.29) is 30.1 Å². The van der Waals surface area contributed by atoms with Crippen molar-refractivity contribution in [3.05, 3.63) is 59.2 Å². The third kappa shape index (κ3) is 5.47. The van der Waals surface area contributed by atoms with Crippen molar-refractivity contribution in [1.29, 1.82) is 0 Å². The molecule has 0 heterocycles. The molecule has 5 nitrogen and oxygen atoms in total. The topological polar surface area (TPSA) is 84.2 Å². The number of aryl methyl sites for hydroxylation is 1. The van der Waals surface area contributed by atoms with E-state index in [1.165, 1.54) is 0 Å². The van der Waals surface area contributed by atoms with Gasteiger partial charge in [0, 0.05) is 29.4 Å². The number of benzene rings is 2. The van der Waals surface area contributed by atoms with Crippen LogP contribution in [0, 0.1) is 12.8 Å². The highest BCUT2D eigenvalue weighted by atomic mass is 35.5. The summed E-state index contributed by atoms with van der Waals surface area (Å²) >= 11 is 0. The number of anilines is 2. The number of nitrogen functional groups attached to an aromatic ring is 1. The van der Waals surface area contributed by atoms with Crippen molar-refractivity contribution in [2.24, 2.45) is 5.92 Å². The van der Waals surface area contributed by atoms with Crippen molar-refractivity contribution in [3.8, 4) is 0 Å². The van der Waals surface area contributed by atoms with Crippen LogP contribution in [0.25, 0.3) is 0 Å². The van der Waals surface area contributed by atoms with Crippen molar-refractivity contribution in [1.82, 2.24) is 5.32 Å². The lowest BCUT2D eigenvalue weighted by atomic mass is 10.1. The van der Waals surface area contributed by atoms with Crippen molar-refractivity contribution in [2.75, 3.05) is 11.1 Å². The number of rotatable bonds is 5. The highest BCUT2D eigenvalue weighted by Crippen LogP contribution is 2.26. The number of nitrogens with one attached hydrogen (secondary N) is 2. The molecule has 0 unspecified atom stereocenters. The highest BCUT2D eigenvalue weighted by molar-refractivity contribution is 5.96. The molecule has 0 spiro atoms. The predicted octanol–water partition coefficient (Wildman–Crippen LogP) is 4.06. The maximum absolute atomic E-state index is 12.4. The van der Waals surface area contributed by atoms with Gasteiger partial charge in [-0.3, -0.25) is 9.59 Å². The molecule has 1 aliphatic carbocycles. The zero-order valence-electron chi connectivity index (χ0n) is 15.5. The Bertz CT molecular complexity index is 817. The van der Waals surface area contributed by atoms with Gasteiger partial charge in [-0.05, 0) is 55.2 Å². The molecule has 0 aromatic heterocycles. The van der Waals surface area contributed by atoms with Crippen molar-refractivity contribution < 1.29 is 9.59 Å². The number of nitrogens with two attached hydrogens (primary N) is 1. The number of carbonyl (C=O) groups excluding carboxylic acids is 2. The van der Waals surface area contributed by atoms with Gasteiger partial charge in [0.05, 0.1) is 0 Å². The Labute approximate surface area is 166 Å². The van der Waals surface area contributed by atoms with Crippen molar-refractivity contribution >= 4 is 35.6 Å². The predicted molar refractivity (Wildman–Crippen MR) is 111 cm³/mol. The SMILES string of the molecule is Cc1ccc(N)cc1C(=O)NCc1cccc(NC(=O)C2CCCC2)c1.Cl. The second-order valence-electron chi connectivity index (χ2n) is 6.93. The average molecular weight is 388 g/mol. The summed E-state index contributed by atoms with van der Waals surface area (Å²) in [6.45, 7) is 2.27. The van der Waals surface area contributed by atoms with Crippen LogP contribution in [0.1, 0.15) is 47.2 Å². The number of amides is 2. The first-order valence-electron chi connectivity index (χ1n) is 9.07. The lowest BCUT2D eigenvalue weighted by Gasteiger charge is -2.12. The molecule has 27 heavy (non-hydrogen) atoms. The molecule has 2 aromatic carbocycles. The van der Waals surface area contributed by atoms with Gasteiger partial charge in [0.25, 0.3) is 5.91 Å². The molecule has 1 fully saturated rings. The third-order valence-electron chi connectivity index (χ3n) is 4.88. The summed E-state index contributed by atoms with van der Waals surface area (Å²) in [7, 11) is 0. The smallest absolute Gasteiger partial charge is 0.251 e. The summed E-state index contributed by atoms with van der Waals surface area (Å²) in [4.78, 5) is 24.6. The van der Waals surface area contributed by atoms with E-state index < -0.39 is 0 Å². The Balaban J connectivity index is 0.00000261. The number of hydrogen-bond acceptors (Lipinski definition) is 3. The molecule has 0 radical (unpaired) electrons. The molecule has 6 heteroatoms. The normalized spacial score (nSPS) is 13.7. The molecule has 1 saturated carbocycles. The second kappa shape index (κ2) is 9.42. The average Bonchev–Trinajstić information content (AvgIpc) is 3.17. The van der Waals surface area contributed by atoms with E-state index in [2.05, 4.69) is 10.6 Å². The van der Waals surface area contributed by atoms with Gasteiger partial charge in [-0.25, -0.2) is 0 Å². The van der Waals surface area contributed by atoms with Crippen LogP contribution in [-0.2, 0) is 11.3 Å². The van der Waals surface area contributed by atoms with Crippen LogP contribution in [0.4, 0.5) is 11.4 Å². The summed E-state index contributed by atoms with van der Waals surface area (Å²) in [6, 6.07) is 12.9. The molecule has 0 bridgehead atoms. The van der Waals surface area contributed by atoms with Crippen molar-refractivity contribution in [3.63, 3.8) is 0 Å². The Hall–Kier alpha value is -2.53. The zero-order valence-corrected chi connectivity index (χ0v) is 16.3. The van der Waals surface area contributed by atoms with Crippen molar-refractivity contribution in [2.45, 2.75) is 39.2 Å². The van der Waals surface area contributed by atoms with E-state index in [0.717, 1.165) is 42.5 Å². The van der Waals surface area contributed by atoms with Crippen LogP contribution in [-0.4, -0.2) is 11.8 Å². The first-order chi connectivity index (χ1) is 12.5. The molecule has 0 atom stereocenters. The lowest BCUT2D eigenvalue weighted by Crippen LogP contribution is -2.24. The summed E-state index contributed by atoms with van der Waals surface area (Å²) in [6.07, 6.45) is 4.21. The summed E-state index contributed by atoms with van der Waals surface area (Å²) in [5, 5.41) is 5.90. The van der Waals surface area contributed by atoms with Gasteiger partial charge in [0.15, 0.2) is 0 Å². The quantitative estimate of drug-likeness (QED) is 0.676. The van der Waals surface area contributed by atoms with Gasteiger partial charge in [-0.15, -0.1) is 12.4 Å². The van der Waals surface area contributed by atoms with E-state index in [0.29, 0.717) is 17.8 Å². The molecule has 0 saturated heterocycles. The van der Waals surface area contributed by atoms with E-state index in [4.69, 9.17) is 5.73 Å². The van der Waals surface area contributed by atoms with Gasteiger partial charge in [-0.1, -0.05) is 31.0 Å². The highest BCUT2D eigenvalue weighted by Gasteiger charge is 2.22. The molecule has 1 aliphatic rings. The maximum atomic E-state index is 12.4. The monoisotopic (exact) mass is 387 g/mol. The van der Waals surface area contributed by atoms with Crippen LogP contribution < -0.4 is 16.4 Å². The third-order valence-corrected chi connectivity index (χ3v) is 4.88. The van der Waals surface area contributed by atoms with E-state index >= 15 is 0 Å². The van der Waals surface area contributed by atoms with Crippen LogP contribution >= 0.6 is 12.4 Å². The fraction of sp³-hybridized carbons (Fsp3) is 0.333. The van der Waals surface area contributed by atoms with Crippen LogP contribution in [0.15, 0.2) is 42.5 Å². The fourth-order valence-electron chi connectivity index (χ4n) is 3.35. The standard InChI is InChI=1S/C21H25N3O2.ClH/c1-14-9-10-17(22)12-19(14)21(26)23-13-15-5-4-8-18(11-15)24-20(25)16-6-2-3-7-16;/h4-5,8-12,16H,2-3,6-7,13,22H2,1H3,(H,23,26)(H,24,25);1H. The zero-order chi connectivity index (χ0) is 18.5. The molecule has 144 valence electrons. The molecule has 0 aliphatic heterocycles. The minimum atomic E-state index is -0.157. The van der Waals surface area contributed by atoms with Gasteiger partial charge >= 0.3 is 0 Å². The maximum Gasteiger partial charge on any atom is 0.251 e. The Kier molecular flexibility index (Phi) is 7.25. The summed E-state index contributed by atoms with van der Waals surface area (Å²) in [5.41, 5.74) is 9.51. The largest absolute Gasteiger partial charge is 0.399 e. The molecular weight excluding hydrogens is 362 g/mol. The summed E-state index contributed by atoms with van der Waals surface area (Å²) < 4.78 is 0. The van der Waals surface area contributed by atoms with E-state index in [1.54, 1.807) is 12.1 Å². The van der Waals surface area contributed by atoms with Crippen LogP contribution in [0.3, 0.4) is 0 Å². The first kappa shape index (κ1) is 20.8. The summed E-state index contributed by atoms with van der Waals surface area (Å²) in [5.74, 6) is 0.0686. The number of carbonyl (C=O) groups is 2. The Morgan fingerprint density at radius 1 is 1.11 bits per heavy atom. The fourth-order valence-corrected chi connectivity index (χ4v) is 3.35. The molecule has 2 amide bonds. The molecule has 4 N–H and O–H groups in total. The van der Waals surface area contributed by atoms with Gasteiger partial charge in [0.2, 0.25) is 5.91 Å².